The summed E-state index contributed by atoms with van der Waals surface area (Å²) >= 11 is 1.26. The van der Waals surface area contributed by atoms with E-state index < -0.39 is 0 Å². The Bertz CT molecular complexity index is 762. The van der Waals surface area contributed by atoms with Crippen LogP contribution in [0.1, 0.15) is 11.1 Å². The van der Waals surface area contributed by atoms with E-state index in [2.05, 4.69) is 10.6 Å². The van der Waals surface area contributed by atoms with Gasteiger partial charge in [0.15, 0.2) is 0 Å². The quantitative estimate of drug-likeness (QED) is 0.793. The number of hydrogen-bond acceptors (Lipinski definition) is 4. The molecule has 0 heterocycles. The Balaban J connectivity index is 1.78. The lowest BCUT2D eigenvalue weighted by atomic mass is 10.2. The lowest BCUT2D eigenvalue weighted by Crippen LogP contribution is -2.18. The minimum Gasteiger partial charge on any atom is -0.495 e. The summed E-state index contributed by atoms with van der Waals surface area (Å²) < 4.78 is 5.23. The number of carbonyl (C=O) groups is 2. The molecule has 0 fully saturated rings. The van der Waals surface area contributed by atoms with Crippen molar-refractivity contribution in [1.29, 1.82) is 0 Å². The van der Waals surface area contributed by atoms with E-state index in [1.165, 1.54) is 11.8 Å². The molecule has 2 aromatic carbocycles. The van der Waals surface area contributed by atoms with Crippen molar-refractivity contribution in [3.63, 3.8) is 0 Å². The van der Waals surface area contributed by atoms with E-state index in [0.717, 1.165) is 16.8 Å². The van der Waals surface area contributed by atoms with Gasteiger partial charge < -0.3 is 15.4 Å². The molecule has 132 valence electrons. The molecule has 0 bridgehead atoms. The van der Waals surface area contributed by atoms with Gasteiger partial charge >= 0.3 is 0 Å². The summed E-state index contributed by atoms with van der Waals surface area (Å²) in [5.74, 6) is 0.722. The van der Waals surface area contributed by atoms with Gasteiger partial charge in [0.1, 0.15) is 5.75 Å². The van der Waals surface area contributed by atoms with Crippen LogP contribution in [0.2, 0.25) is 0 Å². The zero-order chi connectivity index (χ0) is 18.2. The van der Waals surface area contributed by atoms with Crippen LogP contribution < -0.4 is 15.4 Å². The van der Waals surface area contributed by atoms with Gasteiger partial charge in [-0.05, 0) is 49.2 Å². The molecular formula is C19H22N2O3S. The van der Waals surface area contributed by atoms with E-state index in [4.69, 9.17) is 4.74 Å². The summed E-state index contributed by atoms with van der Waals surface area (Å²) in [6.07, 6.45) is 0. The number of methoxy groups -OCH3 is 1. The first-order valence-corrected chi connectivity index (χ1v) is 9.02. The number of amides is 2. The number of anilines is 2. The molecule has 2 amide bonds. The Morgan fingerprint density at radius 3 is 2.32 bits per heavy atom. The van der Waals surface area contributed by atoms with E-state index in [1.807, 2.05) is 56.3 Å². The van der Waals surface area contributed by atoms with Crippen molar-refractivity contribution >= 4 is 35.0 Å². The monoisotopic (exact) mass is 358 g/mol. The van der Waals surface area contributed by atoms with Crippen molar-refractivity contribution in [2.45, 2.75) is 13.8 Å². The third-order valence-electron chi connectivity index (χ3n) is 3.40. The Hall–Kier alpha value is -2.47. The second-order valence-electron chi connectivity index (χ2n) is 5.66. The first-order valence-electron chi connectivity index (χ1n) is 7.86. The molecule has 5 nitrogen and oxygen atoms in total. The van der Waals surface area contributed by atoms with E-state index in [0.29, 0.717) is 11.4 Å². The molecule has 2 rings (SSSR count). The van der Waals surface area contributed by atoms with Gasteiger partial charge in [-0.2, -0.15) is 0 Å². The molecule has 0 radical (unpaired) electrons. The topological polar surface area (TPSA) is 67.4 Å². The van der Waals surface area contributed by atoms with Gasteiger partial charge in [0.25, 0.3) is 0 Å². The number of benzene rings is 2. The van der Waals surface area contributed by atoms with Gasteiger partial charge in [-0.1, -0.05) is 18.2 Å². The predicted octanol–water partition coefficient (Wildman–Crippen LogP) is 3.62. The number of ether oxygens (including phenoxy) is 1. The molecule has 0 aliphatic heterocycles. The standard InChI is InChI=1S/C19H22N2O3S/c1-13-5-4-6-15(9-13)20-18(22)11-25-12-19(23)21-16-10-14(2)7-8-17(16)24-3/h4-10H,11-12H2,1-3H3,(H,20,22)(H,21,23). The summed E-state index contributed by atoms with van der Waals surface area (Å²) in [6.45, 7) is 3.91. The molecule has 2 aromatic rings. The summed E-state index contributed by atoms with van der Waals surface area (Å²) in [5, 5.41) is 5.64. The largest absolute Gasteiger partial charge is 0.495 e. The van der Waals surface area contributed by atoms with Crippen LogP contribution in [0.15, 0.2) is 42.5 Å². The molecule has 6 heteroatoms. The zero-order valence-electron chi connectivity index (χ0n) is 14.6. The average Bonchev–Trinajstić information content (AvgIpc) is 2.55. The second kappa shape index (κ2) is 9.13. The molecule has 0 saturated carbocycles. The van der Waals surface area contributed by atoms with E-state index in [9.17, 15) is 9.59 Å². The maximum atomic E-state index is 12.1. The van der Waals surface area contributed by atoms with E-state index in [1.54, 1.807) is 7.11 Å². The number of thioether (sulfide) groups is 1. The van der Waals surface area contributed by atoms with Gasteiger partial charge in [-0.3, -0.25) is 9.59 Å². The lowest BCUT2D eigenvalue weighted by molar-refractivity contribution is -0.114. The molecule has 0 aliphatic carbocycles. The van der Waals surface area contributed by atoms with Crippen molar-refractivity contribution in [2.75, 3.05) is 29.2 Å². The highest BCUT2D eigenvalue weighted by molar-refractivity contribution is 8.00. The third-order valence-corrected chi connectivity index (χ3v) is 4.33. The zero-order valence-corrected chi connectivity index (χ0v) is 15.4. The smallest absolute Gasteiger partial charge is 0.234 e. The fourth-order valence-corrected chi connectivity index (χ4v) is 2.88. The molecule has 0 aliphatic rings. The SMILES string of the molecule is COc1ccc(C)cc1NC(=O)CSCC(=O)Nc1cccc(C)c1. The maximum Gasteiger partial charge on any atom is 0.234 e. The van der Waals surface area contributed by atoms with Gasteiger partial charge in [-0.25, -0.2) is 0 Å². The summed E-state index contributed by atoms with van der Waals surface area (Å²) in [6, 6.07) is 13.2. The third kappa shape index (κ3) is 6.15. The van der Waals surface area contributed by atoms with Crippen LogP contribution >= 0.6 is 11.8 Å². The first kappa shape index (κ1) is 18.9. The van der Waals surface area contributed by atoms with Crippen molar-refractivity contribution in [3.8, 4) is 5.75 Å². The van der Waals surface area contributed by atoms with Gasteiger partial charge in [-0.15, -0.1) is 11.8 Å². The van der Waals surface area contributed by atoms with Crippen molar-refractivity contribution in [2.24, 2.45) is 0 Å². The maximum absolute atomic E-state index is 12.1. The molecule has 0 saturated heterocycles. The highest BCUT2D eigenvalue weighted by Crippen LogP contribution is 2.25. The Morgan fingerprint density at radius 1 is 0.960 bits per heavy atom. The predicted molar refractivity (Wildman–Crippen MR) is 103 cm³/mol. The molecular weight excluding hydrogens is 336 g/mol. The normalized spacial score (nSPS) is 10.2. The molecule has 0 atom stereocenters. The van der Waals surface area contributed by atoms with Crippen LogP contribution in [0.4, 0.5) is 11.4 Å². The average molecular weight is 358 g/mol. The van der Waals surface area contributed by atoms with Crippen LogP contribution in [-0.2, 0) is 9.59 Å². The number of hydrogen-bond donors (Lipinski definition) is 2. The van der Waals surface area contributed by atoms with Crippen LogP contribution in [-0.4, -0.2) is 30.4 Å². The Labute approximate surface area is 152 Å². The summed E-state index contributed by atoms with van der Waals surface area (Å²) in [5.41, 5.74) is 3.51. The van der Waals surface area contributed by atoms with Crippen LogP contribution in [0, 0.1) is 13.8 Å². The molecule has 25 heavy (non-hydrogen) atoms. The second-order valence-corrected chi connectivity index (χ2v) is 6.65. The van der Waals surface area contributed by atoms with Crippen molar-refractivity contribution in [3.05, 3.63) is 53.6 Å². The number of carbonyl (C=O) groups excluding carboxylic acids is 2. The number of rotatable bonds is 7. The minimum absolute atomic E-state index is 0.128. The van der Waals surface area contributed by atoms with E-state index in [-0.39, 0.29) is 23.3 Å². The molecule has 0 aromatic heterocycles. The molecule has 0 unspecified atom stereocenters. The van der Waals surface area contributed by atoms with Gasteiger partial charge in [0.2, 0.25) is 11.8 Å². The van der Waals surface area contributed by atoms with Gasteiger partial charge in [0, 0.05) is 5.69 Å². The Morgan fingerprint density at radius 2 is 1.64 bits per heavy atom. The summed E-state index contributed by atoms with van der Waals surface area (Å²) in [4.78, 5) is 24.0. The fraction of sp³-hybridized carbons (Fsp3) is 0.263. The van der Waals surface area contributed by atoms with Crippen molar-refractivity contribution in [1.82, 2.24) is 0 Å². The first-order chi connectivity index (χ1) is 12.0. The Kier molecular flexibility index (Phi) is 6.89. The van der Waals surface area contributed by atoms with Crippen molar-refractivity contribution < 1.29 is 14.3 Å². The minimum atomic E-state index is -0.169. The number of nitrogens with one attached hydrogen (secondary N) is 2. The van der Waals surface area contributed by atoms with Crippen LogP contribution in [0.5, 0.6) is 5.75 Å². The fourth-order valence-electron chi connectivity index (χ4n) is 2.26. The highest BCUT2D eigenvalue weighted by atomic mass is 32.2. The lowest BCUT2D eigenvalue weighted by Gasteiger charge is -2.11. The van der Waals surface area contributed by atoms with Crippen LogP contribution in [0.25, 0.3) is 0 Å². The summed E-state index contributed by atoms with van der Waals surface area (Å²) in [7, 11) is 1.56. The number of aryl methyl sites for hydroxylation is 2. The van der Waals surface area contributed by atoms with Crippen LogP contribution in [0.3, 0.4) is 0 Å². The molecule has 2 N–H and O–H groups in total. The highest BCUT2D eigenvalue weighted by Gasteiger charge is 2.09. The van der Waals surface area contributed by atoms with E-state index >= 15 is 0 Å². The van der Waals surface area contributed by atoms with Gasteiger partial charge in [0.05, 0.1) is 24.3 Å². The molecule has 0 spiro atoms.